The van der Waals surface area contributed by atoms with E-state index in [1.165, 1.54) is 6.07 Å². The van der Waals surface area contributed by atoms with Crippen LogP contribution in [-0.2, 0) is 30.5 Å². The van der Waals surface area contributed by atoms with Crippen molar-refractivity contribution in [2.45, 2.75) is 25.4 Å². The Bertz CT molecular complexity index is 689. The molecule has 2 heterocycles. The molecule has 1 aromatic heterocycles. The highest BCUT2D eigenvalue weighted by Crippen LogP contribution is 2.27. The molecule has 1 aliphatic heterocycles. The van der Waals surface area contributed by atoms with Crippen LogP contribution in [0.2, 0.25) is 0 Å². The van der Waals surface area contributed by atoms with Crippen LogP contribution in [0.15, 0.2) is 12.1 Å². The normalized spacial score (nSPS) is 19.4. The lowest BCUT2D eigenvalue weighted by atomic mass is 9.91. The van der Waals surface area contributed by atoms with Crippen LogP contribution in [-0.4, -0.2) is 31.5 Å². The Morgan fingerprint density at radius 1 is 1.43 bits per heavy atom. The zero-order valence-electron chi connectivity index (χ0n) is 11.1. The number of imide groups is 1. The lowest BCUT2D eigenvalue weighted by Crippen LogP contribution is -2.40. The van der Waals surface area contributed by atoms with Crippen LogP contribution in [0.4, 0.5) is 4.39 Å². The number of piperidine rings is 1. The van der Waals surface area contributed by atoms with E-state index >= 15 is 0 Å². The predicted octanol–water partition coefficient (Wildman–Crippen LogP) is 0.217. The van der Waals surface area contributed by atoms with Gasteiger partial charge < -0.3 is 0 Å². The van der Waals surface area contributed by atoms with Crippen molar-refractivity contribution in [2.75, 3.05) is 6.26 Å². The highest BCUT2D eigenvalue weighted by molar-refractivity contribution is 7.85. The van der Waals surface area contributed by atoms with Gasteiger partial charge in [-0.15, -0.1) is 0 Å². The molecule has 1 N–H and O–H groups in total. The van der Waals surface area contributed by atoms with Gasteiger partial charge in [-0.05, 0) is 12.5 Å². The molecule has 2 amide bonds. The summed E-state index contributed by atoms with van der Waals surface area (Å²) in [5.74, 6) is -2.58. The van der Waals surface area contributed by atoms with E-state index in [9.17, 15) is 22.4 Å². The minimum atomic E-state index is -3.68. The van der Waals surface area contributed by atoms with Gasteiger partial charge in [0, 0.05) is 12.0 Å². The molecule has 0 radical (unpaired) electrons. The van der Waals surface area contributed by atoms with Gasteiger partial charge in [0.05, 0.1) is 24.5 Å². The molecule has 1 aliphatic rings. The smallest absolute Gasteiger partial charge is 0.264 e. The van der Waals surface area contributed by atoms with Gasteiger partial charge in [0.25, 0.3) is 10.1 Å². The van der Waals surface area contributed by atoms with E-state index in [4.69, 9.17) is 0 Å². The minimum Gasteiger partial charge on any atom is -0.296 e. The molecule has 1 aromatic rings. The molecule has 0 aromatic carbocycles. The van der Waals surface area contributed by atoms with Gasteiger partial charge in [0.1, 0.15) is 0 Å². The van der Waals surface area contributed by atoms with Gasteiger partial charge in [0.15, 0.2) is 0 Å². The first-order chi connectivity index (χ1) is 9.76. The van der Waals surface area contributed by atoms with Crippen molar-refractivity contribution in [3.05, 3.63) is 29.3 Å². The van der Waals surface area contributed by atoms with Crippen LogP contribution in [0, 0.1) is 5.95 Å². The molecule has 0 bridgehead atoms. The number of nitrogens with one attached hydrogen (secondary N) is 1. The van der Waals surface area contributed by atoms with Gasteiger partial charge in [-0.25, -0.2) is 4.98 Å². The summed E-state index contributed by atoms with van der Waals surface area (Å²) < 4.78 is 40.0. The summed E-state index contributed by atoms with van der Waals surface area (Å²) in [6.45, 7) is -0.348. The second kappa shape index (κ2) is 5.86. The number of rotatable bonds is 4. The highest BCUT2D eigenvalue weighted by Gasteiger charge is 2.31. The largest absolute Gasteiger partial charge is 0.296 e. The molecule has 0 spiro atoms. The third kappa shape index (κ3) is 4.05. The van der Waals surface area contributed by atoms with Crippen LogP contribution in [0.1, 0.15) is 30.0 Å². The minimum absolute atomic E-state index is 0.0867. The maximum Gasteiger partial charge on any atom is 0.264 e. The van der Waals surface area contributed by atoms with E-state index < -0.39 is 33.8 Å². The Balaban J connectivity index is 2.31. The van der Waals surface area contributed by atoms with Crippen molar-refractivity contribution in [2.24, 2.45) is 0 Å². The summed E-state index contributed by atoms with van der Waals surface area (Å²) in [7, 11) is -3.68. The van der Waals surface area contributed by atoms with E-state index in [1.54, 1.807) is 0 Å². The van der Waals surface area contributed by atoms with Gasteiger partial charge in [-0.1, -0.05) is 6.07 Å². The average molecular weight is 316 g/mol. The third-order valence-corrected chi connectivity index (χ3v) is 3.52. The molecule has 114 valence electrons. The average Bonchev–Trinajstić information content (AvgIpc) is 2.36. The zero-order chi connectivity index (χ0) is 15.6. The van der Waals surface area contributed by atoms with E-state index in [-0.39, 0.29) is 30.7 Å². The molecule has 1 fully saturated rings. The molecule has 0 saturated carbocycles. The van der Waals surface area contributed by atoms with E-state index in [0.29, 0.717) is 0 Å². The van der Waals surface area contributed by atoms with Gasteiger partial charge >= 0.3 is 0 Å². The highest BCUT2D eigenvalue weighted by atomic mass is 32.2. The number of pyridine rings is 1. The second-order valence-corrected chi connectivity index (χ2v) is 6.29. The van der Waals surface area contributed by atoms with Crippen molar-refractivity contribution in [3.63, 3.8) is 0 Å². The van der Waals surface area contributed by atoms with Gasteiger partial charge in [-0.3, -0.25) is 19.1 Å². The standard InChI is InChI=1S/C12H13FN2O5S/c1-21(18,19)20-6-7-2-4-9(13)14-11(7)8-3-5-10(16)15-12(8)17/h2,4,8H,3,5-6H2,1H3,(H,15,16,17). The monoisotopic (exact) mass is 316 g/mol. The van der Waals surface area contributed by atoms with Crippen molar-refractivity contribution in [1.29, 1.82) is 0 Å². The molecular formula is C12H13FN2O5S. The number of halogens is 1. The van der Waals surface area contributed by atoms with Crippen LogP contribution < -0.4 is 5.32 Å². The van der Waals surface area contributed by atoms with Crippen molar-refractivity contribution in [1.82, 2.24) is 10.3 Å². The van der Waals surface area contributed by atoms with Gasteiger partial charge in [0.2, 0.25) is 17.8 Å². The van der Waals surface area contributed by atoms with Crippen molar-refractivity contribution < 1.29 is 26.6 Å². The first-order valence-corrected chi connectivity index (χ1v) is 7.91. The predicted molar refractivity (Wildman–Crippen MR) is 69.0 cm³/mol. The third-order valence-electron chi connectivity index (χ3n) is 2.98. The lowest BCUT2D eigenvalue weighted by molar-refractivity contribution is -0.134. The Labute approximate surface area is 120 Å². The number of carbonyl (C=O) groups excluding carboxylic acids is 2. The van der Waals surface area contributed by atoms with Crippen molar-refractivity contribution >= 4 is 21.9 Å². The fourth-order valence-electron chi connectivity index (χ4n) is 2.03. The number of aromatic nitrogens is 1. The van der Waals surface area contributed by atoms with Crippen LogP contribution in [0.5, 0.6) is 0 Å². The molecule has 7 nitrogen and oxygen atoms in total. The number of nitrogens with zero attached hydrogens (tertiary/aromatic N) is 1. The lowest BCUT2D eigenvalue weighted by Gasteiger charge is -2.22. The molecule has 1 atom stereocenters. The number of hydrogen-bond acceptors (Lipinski definition) is 6. The summed E-state index contributed by atoms with van der Waals surface area (Å²) in [6.07, 6.45) is 1.18. The molecule has 1 unspecified atom stereocenters. The SMILES string of the molecule is CS(=O)(=O)OCc1ccc(F)nc1C1CCC(=O)NC1=O. The molecular weight excluding hydrogens is 303 g/mol. The number of hydrogen-bond donors (Lipinski definition) is 1. The molecule has 21 heavy (non-hydrogen) atoms. The topological polar surface area (TPSA) is 102 Å². The van der Waals surface area contributed by atoms with Gasteiger partial charge in [-0.2, -0.15) is 12.8 Å². The Hall–Kier alpha value is -1.87. The fraction of sp³-hybridized carbons (Fsp3) is 0.417. The van der Waals surface area contributed by atoms with E-state index in [1.807, 2.05) is 0 Å². The summed E-state index contributed by atoms with van der Waals surface area (Å²) >= 11 is 0. The van der Waals surface area contributed by atoms with Crippen molar-refractivity contribution in [3.8, 4) is 0 Å². The van der Waals surface area contributed by atoms with Crippen LogP contribution in [0.3, 0.4) is 0 Å². The molecule has 2 rings (SSSR count). The Morgan fingerprint density at radius 3 is 2.76 bits per heavy atom. The summed E-state index contributed by atoms with van der Waals surface area (Å²) in [5.41, 5.74) is 0.375. The molecule has 1 saturated heterocycles. The number of carbonyl (C=O) groups is 2. The van der Waals surface area contributed by atoms with Crippen LogP contribution >= 0.6 is 0 Å². The fourth-order valence-corrected chi connectivity index (χ4v) is 2.37. The second-order valence-electron chi connectivity index (χ2n) is 4.65. The molecule has 0 aliphatic carbocycles. The number of amides is 2. The maximum absolute atomic E-state index is 13.3. The van der Waals surface area contributed by atoms with Crippen LogP contribution in [0.25, 0.3) is 0 Å². The summed E-state index contributed by atoms with van der Waals surface area (Å²) in [4.78, 5) is 26.6. The Morgan fingerprint density at radius 2 is 2.14 bits per heavy atom. The zero-order valence-corrected chi connectivity index (χ0v) is 11.9. The quantitative estimate of drug-likeness (QED) is 0.484. The maximum atomic E-state index is 13.3. The first kappa shape index (κ1) is 15.5. The first-order valence-electron chi connectivity index (χ1n) is 6.09. The Kier molecular flexibility index (Phi) is 4.33. The summed E-state index contributed by atoms with van der Waals surface area (Å²) in [6, 6.07) is 2.36. The van der Waals surface area contributed by atoms with E-state index in [2.05, 4.69) is 14.5 Å². The molecule has 9 heteroatoms. The van der Waals surface area contributed by atoms with E-state index in [0.717, 1.165) is 12.3 Å². The summed E-state index contributed by atoms with van der Waals surface area (Å²) in [5, 5.41) is 2.15.